The molecule has 0 N–H and O–H groups in total. The molecule has 1 aliphatic rings. The number of fused-ring (bicyclic) bond motifs is 3. The molecule has 0 atom stereocenters. The van der Waals surface area contributed by atoms with Crippen LogP contribution in [0.2, 0.25) is 0 Å². The van der Waals surface area contributed by atoms with Crippen molar-refractivity contribution in [3.05, 3.63) is 212 Å². The Morgan fingerprint density at radius 3 is 1.22 bits per heavy atom. The lowest BCUT2D eigenvalue weighted by Crippen LogP contribution is -2.01. The van der Waals surface area contributed by atoms with Crippen molar-refractivity contribution >= 4 is 10.8 Å². The summed E-state index contributed by atoms with van der Waals surface area (Å²) in [7, 11) is 0. The molecule has 1 heterocycles. The van der Waals surface area contributed by atoms with E-state index in [9.17, 15) is 0 Å². The lowest BCUT2D eigenvalue weighted by atomic mass is 9.91. The van der Waals surface area contributed by atoms with Crippen molar-refractivity contribution in [3.63, 3.8) is 0 Å². The van der Waals surface area contributed by atoms with E-state index in [2.05, 4.69) is 201 Å². The predicted molar refractivity (Wildman–Crippen MR) is 245 cm³/mol. The van der Waals surface area contributed by atoms with Crippen molar-refractivity contribution in [2.24, 2.45) is 0 Å². The van der Waals surface area contributed by atoms with Crippen LogP contribution in [0, 0.1) is 6.92 Å². The Bertz CT molecular complexity index is 3040. The summed E-state index contributed by atoms with van der Waals surface area (Å²) in [6, 6.07) is 73.5. The summed E-state index contributed by atoms with van der Waals surface area (Å²) in [5, 5.41) is 2.54. The summed E-state index contributed by atoms with van der Waals surface area (Å²) in [5.41, 5.74) is 18.3. The second-order valence-electron chi connectivity index (χ2n) is 15.3. The number of hydrogen-bond donors (Lipinski definition) is 0. The number of hydrogen-bond acceptors (Lipinski definition) is 3. The quantitative estimate of drug-likeness (QED) is 0.163. The summed E-state index contributed by atoms with van der Waals surface area (Å²) in [6.07, 6.45) is 0. The molecule has 0 fully saturated rings. The van der Waals surface area contributed by atoms with Crippen LogP contribution in [0.4, 0.5) is 0 Å². The van der Waals surface area contributed by atoms with Gasteiger partial charge in [0.1, 0.15) is 0 Å². The van der Waals surface area contributed by atoms with E-state index in [0.717, 1.165) is 44.5 Å². The van der Waals surface area contributed by atoms with Gasteiger partial charge >= 0.3 is 0 Å². The van der Waals surface area contributed by atoms with E-state index >= 15 is 0 Å². The van der Waals surface area contributed by atoms with Crippen molar-refractivity contribution in [3.8, 4) is 101 Å². The Morgan fingerprint density at radius 2 is 0.644 bits per heavy atom. The van der Waals surface area contributed by atoms with Gasteiger partial charge in [0.05, 0.1) is 0 Å². The van der Waals surface area contributed by atoms with Gasteiger partial charge in [0.2, 0.25) is 0 Å². The van der Waals surface area contributed by atoms with Gasteiger partial charge in [-0.2, -0.15) is 0 Å². The minimum atomic E-state index is 0.623. The summed E-state index contributed by atoms with van der Waals surface area (Å²) >= 11 is 0. The highest BCUT2D eigenvalue weighted by Gasteiger charge is 2.23. The molecule has 0 saturated heterocycles. The second kappa shape index (κ2) is 14.3. The molecule has 0 unspecified atom stereocenters. The maximum atomic E-state index is 5.26. The monoisotopic (exact) mass is 751 g/mol. The van der Waals surface area contributed by atoms with Crippen LogP contribution in [0.1, 0.15) is 5.56 Å². The van der Waals surface area contributed by atoms with Crippen LogP contribution in [0.3, 0.4) is 0 Å². The van der Waals surface area contributed by atoms with E-state index in [1.165, 1.54) is 55.3 Å². The summed E-state index contributed by atoms with van der Waals surface area (Å²) in [6.45, 7) is 2.13. The molecule has 276 valence electrons. The number of nitrogens with zero attached hydrogens (tertiary/aromatic N) is 3. The van der Waals surface area contributed by atoms with E-state index in [1.807, 2.05) is 12.1 Å². The third kappa shape index (κ3) is 6.30. The highest BCUT2D eigenvalue weighted by molar-refractivity contribution is 6.18. The van der Waals surface area contributed by atoms with Crippen molar-refractivity contribution in [2.75, 3.05) is 0 Å². The Hall–Kier alpha value is -7.75. The number of rotatable bonds is 7. The van der Waals surface area contributed by atoms with E-state index in [-0.39, 0.29) is 0 Å². The van der Waals surface area contributed by atoms with E-state index in [1.54, 1.807) is 0 Å². The molecule has 0 saturated carbocycles. The number of benzene rings is 9. The van der Waals surface area contributed by atoms with Crippen molar-refractivity contribution in [2.45, 2.75) is 6.92 Å². The van der Waals surface area contributed by atoms with Gasteiger partial charge in [-0.15, -0.1) is 0 Å². The van der Waals surface area contributed by atoms with Gasteiger partial charge in [-0.1, -0.05) is 194 Å². The molecule has 1 aromatic heterocycles. The maximum Gasteiger partial charge on any atom is 0.164 e. The fourth-order valence-corrected chi connectivity index (χ4v) is 8.53. The first-order valence-corrected chi connectivity index (χ1v) is 20.1. The molecular weight excluding hydrogens is 715 g/mol. The van der Waals surface area contributed by atoms with Crippen LogP contribution in [-0.2, 0) is 0 Å². The Labute approximate surface area is 344 Å². The van der Waals surface area contributed by atoms with E-state index in [0.29, 0.717) is 17.5 Å². The summed E-state index contributed by atoms with van der Waals surface area (Å²) in [5.74, 6) is 1.88. The zero-order valence-corrected chi connectivity index (χ0v) is 32.5. The third-order valence-corrected chi connectivity index (χ3v) is 11.6. The zero-order valence-electron chi connectivity index (χ0n) is 32.5. The first-order valence-electron chi connectivity index (χ1n) is 20.1. The lowest BCUT2D eigenvalue weighted by Gasteiger charge is -2.15. The molecule has 1 aliphatic carbocycles. The fraction of sp³-hybridized carbons (Fsp3) is 0.0179. The maximum absolute atomic E-state index is 5.26. The molecule has 0 aliphatic heterocycles. The minimum Gasteiger partial charge on any atom is -0.208 e. The first kappa shape index (κ1) is 34.5. The summed E-state index contributed by atoms with van der Waals surface area (Å²) in [4.78, 5) is 15.7. The smallest absolute Gasteiger partial charge is 0.164 e. The van der Waals surface area contributed by atoms with Crippen molar-refractivity contribution < 1.29 is 0 Å². The van der Waals surface area contributed by atoms with Crippen LogP contribution in [0.5, 0.6) is 0 Å². The van der Waals surface area contributed by atoms with Crippen LogP contribution in [0.25, 0.3) is 112 Å². The van der Waals surface area contributed by atoms with Gasteiger partial charge in [-0.25, -0.2) is 15.0 Å². The molecule has 9 aromatic carbocycles. The normalized spacial score (nSPS) is 11.5. The molecule has 0 spiro atoms. The first-order chi connectivity index (χ1) is 29.1. The molecule has 10 aromatic rings. The highest BCUT2D eigenvalue weighted by Crippen LogP contribution is 2.49. The van der Waals surface area contributed by atoms with E-state index in [4.69, 9.17) is 15.0 Å². The standard InChI is InChI=1S/C56H37N3/c1-36-19-21-41(22-20-36)44-33-45(47-31-32-52-49-16-9-8-15-48(49)51-18-10-17-50(47)53(51)52)35-46(34-44)56-58-54(42-27-23-39(24-28-42)37-11-4-2-5-12-37)57-55(59-56)43-29-25-40(26-30-43)38-13-6-3-7-14-38/h2-35H,1H3. The van der Waals surface area contributed by atoms with Gasteiger partial charge in [0.25, 0.3) is 0 Å². The molecule has 0 radical (unpaired) electrons. The van der Waals surface area contributed by atoms with Gasteiger partial charge in [0, 0.05) is 16.7 Å². The average Bonchev–Trinajstić information content (AvgIpc) is 3.64. The highest BCUT2D eigenvalue weighted by atomic mass is 15.0. The second-order valence-corrected chi connectivity index (χ2v) is 15.3. The fourth-order valence-electron chi connectivity index (χ4n) is 8.53. The molecular formula is C56H37N3. The molecule has 3 nitrogen and oxygen atoms in total. The largest absolute Gasteiger partial charge is 0.208 e. The number of aryl methyl sites for hydroxylation is 1. The minimum absolute atomic E-state index is 0.623. The topological polar surface area (TPSA) is 38.7 Å². The number of aromatic nitrogens is 3. The van der Waals surface area contributed by atoms with Gasteiger partial charge in [-0.05, 0) is 103 Å². The van der Waals surface area contributed by atoms with Gasteiger partial charge < -0.3 is 0 Å². The third-order valence-electron chi connectivity index (χ3n) is 11.6. The van der Waals surface area contributed by atoms with Crippen LogP contribution >= 0.6 is 0 Å². The van der Waals surface area contributed by atoms with Crippen molar-refractivity contribution in [1.29, 1.82) is 0 Å². The Morgan fingerprint density at radius 1 is 0.254 bits per heavy atom. The van der Waals surface area contributed by atoms with Gasteiger partial charge in [-0.3, -0.25) is 0 Å². The molecule has 59 heavy (non-hydrogen) atoms. The van der Waals surface area contributed by atoms with Crippen molar-refractivity contribution in [1.82, 2.24) is 15.0 Å². The Balaban J connectivity index is 1.10. The molecule has 11 rings (SSSR count). The molecule has 0 bridgehead atoms. The van der Waals surface area contributed by atoms with Gasteiger partial charge in [0.15, 0.2) is 17.5 Å². The Kier molecular flexibility index (Phi) is 8.37. The van der Waals surface area contributed by atoms with Crippen LogP contribution < -0.4 is 0 Å². The molecule has 0 amide bonds. The average molecular weight is 752 g/mol. The zero-order chi connectivity index (χ0) is 39.3. The van der Waals surface area contributed by atoms with Crippen LogP contribution in [0.15, 0.2) is 206 Å². The predicted octanol–water partition coefficient (Wildman–Crippen LogP) is 14.6. The van der Waals surface area contributed by atoms with E-state index < -0.39 is 0 Å². The SMILES string of the molecule is Cc1ccc(-c2cc(-c3nc(-c4ccc(-c5ccccc5)cc4)nc(-c4ccc(-c5ccccc5)cc4)n3)cc(-c3ccc4c5c(cccc35)-c3ccccc3-4)c2)cc1. The molecule has 3 heteroatoms. The lowest BCUT2D eigenvalue weighted by molar-refractivity contribution is 1.07. The van der Waals surface area contributed by atoms with Crippen LogP contribution in [-0.4, -0.2) is 15.0 Å². The summed E-state index contributed by atoms with van der Waals surface area (Å²) < 4.78 is 0.